The van der Waals surface area contributed by atoms with Crippen LogP contribution in [-0.4, -0.2) is 36.9 Å². The average molecular weight is 467 g/mol. The zero-order valence-electron chi connectivity index (χ0n) is 20.4. The Kier molecular flexibility index (Phi) is 7.81. The van der Waals surface area contributed by atoms with E-state index >= 15 is 0 Å². The van der Waals surface area contributed by atoms with Crippen molar-refractivity contribution in [3.05, 3.63) is 29.8 Å². The van der Waals surface area contributed by atoms with Gasteiger partial charge < -0.3 is 10.2 Å². The summed E-state index contributed by atoms with van der Waals surface area (Å²) in [4.78, 5) is 0.181. The van der Waals surface area contributed by atoms with E-state index in [0.29, 0.717) is 24.7 Å². The zero-order chi connectivity index (χ0) is 23.7. The Bertz CT molecular complexity index is 857. The van der Waals surface area contributed by atoms with E-state index < -0.39 is 15.7 Å². The standard InChI is InChI=1S/C26H42O5S/c1-18-8-10-21(11-9-18)32(29,30)31-17-20(14-16-25(3,4)28)19(2)22-12-13-23-24(27)7-6-15-26(22,23)5/h8-11,19-20,22-24,27-28H,6-7,12-17H2,1-5H3/t19-,20+,22-,23+,24+,26-/m1/s1. The first-order chi connectivity index (χ1) is 14.8. The van der Waals surface area contributed by atoms with E-state index in [0.717, 1.165) is 37.7 Å². The van der Waals surface area contributed by atoms with Gasteiger partial charge in [-0.2, -0.15) is 8.42 Å². The molecule has 0 spiro atoms. The maximum absolute atomic E-state index is 12.8. The predicted octanol–water partition coefficient (Wildman–Crippen LogP) is 5.08. The van der Waals surface area contributed by atoms with Crippen LogP contribution < -0.4 is 0 Å². The molecule has 5 nitrogen and oxygen atoms in total. The Morgan fingerprint density at radius 2 is 1.84 bits per heavy atom. The molecular formula is C26H42O5S. The van der Waals surface area contributed by atoms with Gasteiger partial charge in [0, 0.05) is 0 Å². The summed E-state index contributed by atoms with van der Waals surface area (Å²) in [5, 5.41) is 20.9. The molecule has 2 N–H and O–H groups in total. The van der Waals surface area contributed by atoms with E-state index in [9.17, 15) is 18.6 Å². The molecule has 182 valence electrons. The lowest BCUT2D eigenvalue weighted by Gasteiger charge is -2.46. The normalized spacial score (nSPS) is 30.7. The molecule has 0 amide bonds. The van der Waals surface area contributed by atoms with E-state index in [1.54, 1.807) is 38.1 Å². The molecule has 2 fully saturated rings. The van der Waals surface area contributed by atoms with Crippen LogP contribution in [0.15, 0.2) is 29.2 Å². The van der Waals surface area contributed by atoms with Gasteiger partial charge in [-0.1, -0.05) is 38.0 Å². The van der Waals surface area contributed by atoms with Gasteiger partial charge in [0.1, 0.15) is 0 Å². The third-order valence-corrected chi connectivity index (χ3v) is 9.71. The number of aliphatic hydroxyl groups excluding tert-OH is 1. The number of hydrogen-bond acceptors (Lipinski definition) is 5. The van der Waals surface area contributed by atoms with Gasteiger partial charge in [-0.3, -0.25) is 4.18 Å². The monoisotopic (exact) mass is 466 g/mol. The van der Waals surface area contributed by atoms with Gasteiger partial charge in [0.25, 0.3) is 10.1 Å². The second kappa shape index (κ2) is 9.73. The minimum absolute atomic E-state index is 0.0151. The van der Waals surface area contributed by atoms with Crippen molar-refractivity contribution >= 4 is 10.1 Å². The summed E-state index contributed by atoms with van der Waals surface area (Å²) >= 11 is 0. The summed E-state index contributed by atoms with van der Waals surface area (Å²) in [5.41, 5.74) is 0.274. The van der Waals surface area contributed by atoms with Crippen LogP contribution >= 0.6 is 0 Å². The Hall–Kier alpha value is -0.950. The predicted molar refractivity (Wildman–Crippen MR) is 127 cm³/mol. The summed E-state index contributed by atoms with van der Waals surface area (Å²) < 4.78 is 31.2. The molecule has 0 aromatic heterocycles. The molecule has 0 saturated heterocycles. The Balaban J connectivity index is 1.77. The van der Waals surface area contributed by atoms with E-state index in [-0.39, 0.29) is 34.9 Å². The molecule has 0 unspecified atom stereocenters. The minimum atomic E-state index is -3.83. The molecule has 0 heterocycles. The third-order valence-electron chi connectivity index (χ3n) is 8.41. The fraction of sp³-hybridized carbons (Fsp3) is 0.769. The molecule has 6 atom stereocenters. The summed E-state index contributed by atoms with van der Waals surface area (Å²) in [7, 11) is -3.83. The van der Waals surface area contributed by atoms with E-state index in [1.165, 1.54) is 0 Å². The number of aryl methyl sites for hydroxylation is 1. The van der Waals surface area contributed by atoms with Gasteiger partial charge in [0.05, 0.1) is 23.2 Å². The Morgan fingerprint density at radius 3 is 2.47 bits per heavy atom. The topological polar surface area (TPSA) is 83.8 Å². The van der Waals surface area contributed by atoms with Crippen molar-refractivity contribution < 1.29 is 22.8 Å². The van der Waals surface area contributed by atoms with Crippen LogP contribution in [0.4, 0.5) is 0 Å². The molecule has 0 radical (unpaired) electrons. The van der Waals surface area contributed by atoms with Crippen LogP contribution in [0.1, 0.15) is 78.2 Å². The van der Waals surface area contributed by atoms with Crippen LogP contribution in [0.3, 0.4) is 0 Å². The van der Waals surface area contributed by atoms with Crippen molar-refractivity contribution in [1.29, 1.82) is 0 Å². The van der Waals surface area contributed by atoms with Crippen molar-refractivity contribution in [2.75, 3.05) is 6.61 Å². The molecule has 32 heavy (non-hydrogen) atoms. The molecule has 1 aromatic carbocycles. The number of benzene rings is 1. The maximum atomic E-state index is 12.8. The van der Waals surface area contributed by atoms with Crippen molar-refractivity contribution in [3.8, 4) is 0 Å². The molecule has 0 bridgehead atoms. The van der Waals surface area contributed by atoms with Gasteiger partial charge in [0.15, 0.2) is 0 Å². The van der Waals surface area contributed by atoms with Crippen molar-refractivity contribution in [1.82, 2.24) is 0 Å². The van der Waals surface area contributed by atoms with E-state index in [2.05, 4.69) is 13.8 Å². The smallest absolute Gasteiger partial charge is 0.296 e. The molecule has 2 aliphatic rings. The molecule has 3 rings (SSSR count). The minimum Gasteiger partial charge on any atom is -0.393 e. The van der Waals surface area contributed by atoms with Crippen LogP contribution in [0, 0.1) is 36.0 Å². The first-order valence-corrected chi connectivity index (χ1v) is 13.6. The Morgan fingerprint density at radius 1 is 1.19 bits per heavy atom. The van der Waals surface area contributed by atoms with Crippen LogP contribution in [0.2, 0.25) is 0 Å². The van der Waals surface area contributed by atoms with Crippen LogP contribution in [0.25, 0.3) is 0 Å². The average Bonchev–Trinajstić information content (AvgIpc) is 3.05. The highest BCUT2D eigenvalue weighted by Crippen LogP contribution is 2.58. The molecule has 2 saturated carbocycles. The van der Waals surface area contributed by atoms with Crippen molar-refractivity contribution in [2.24, 2.45) is 29.1 Å². The maximum Gasteiger partial charge on any atom is 0.296 e. The van der Waals surface area contributed by atoms with Crippen molar-refractivity contribution in [3.63, 3.8) is 0 Å². The highest BCUT2D eigenvalue weighted by Gasteiger charge is 2.53. The fourth-order valence-electron chi connectivity index (χ4n) is 6.37. The Labute approximate surface area is 194 Å². The van der Waals surface area contributed by atoms with Crippen LogP contribution in [-0.2, 0) is 14.3 Å². The highest BCUT2D eigenvalue weighted by molar-refractivity contribution is 7.86. The summed E-state index contributed by atoms with van der Waals surface area (Å²) in [5.74, 6) is 1.00. The number of fused-ring (bicyclic) bond motifs is 1. The highest BCUT2D eigenvalue weighted by atomic mass is 32.2. The number of hydrogen-bond donors (Lipinski definition) is 2. The quantitative estimate of drug-likeness (QED) is 0.496. The molecule has 0 aliphatic heterocycles. The summed E-state index contributed by atoms with van der Waals surface area (Å²) in [6.07, 6.45) is 6.21. The number of aliphatic hydroxyl groups is 2. The molecule has 2 aliphatic carbocycles. The second-order valence-corrected chi connectivity index (χ2v) is 12.9. The lowest BCUT2D eigenvalue weighted by molar-refractivity contribution is -0.0374. The van der Waals surface area contributed by atoms with Crippen LogP contribution in [0.5, 0.6) is 0 Å². The van der Waals surface area contributed by atoms with Gasteiger partial charge in [-0.15, -0.1) is 0 Å². The summed E-state index contributed by atoms with van der Waals surface area (Å²) in [6, 6.07) is 6.73. The van der Waals surface area contributed by atoms with E-state index in [4.69, 9.17) is 4.18 Å². The molecular weight excluding hydrogens is 424 g/mol. The first-order valence-electron chi connectivity index (χ1n) is 12.2. The van der Waals surface area contributed by atoms with Gasteiger partial charge in [-0.05, 0) is 101 Å². The number of rotatable bonds is 9. The SMILES string of the molecule is Cc1ccc(S(=O)(=O)OC[C@H](CCC(C)(C)O)[C@@H](C)[C@H]2CC[C@H]3[C@@H](O)CCC[C@]23C)cc1. The lowest BCUT2D eigenvalue weighted by atomic mass is 9.60. The third kappa shape index (κ3) is 5.75. The van der Waals surface area contributed by atoms with Gasteiger partial charge in [0.2, 0.25) is 0 Å². The molecule has 1 aromatic rings. The van der Waals surface area contributed by atoms with Gasteiger partial charge in [-0.25, -0.2) is 0 Å². The lowest BCUT2D eigenvalue weighted by Crippen LogP contribution is -2.43. The zero-order valence-corrected chi connectivity index (χ0v) is 21.2. The largest absolute Gasteiger partial charge is 0.393 e. The van der Waals surface area contributed by atoms with Gasteiger partial charge >= 0.3 is 0 Å². The second-order valence-electron chi connectivity index (χ2n) is 11.3. The first kappa shape index (κ1) is 25.7. The van der Waals surface area contributed by atoms with Crippen molar-refractivity contribution in [2.45, 2.75) is 96.2 Å². The molecule has 6 heteroatoms. The fourth-order valence-corrected chi connectivity index (χ4v) is 7.33. The summed E-state index contributed by atoms with van der Waals surface area (Å²) in [6.45, 7) is 10.2. The van der Waals surface area contributed by atoms with E-state index in [1.807, 2.05) is 6.92 Å².